The van der Waals surface area contributed by atoms with Gasteiger partial charge in [0.25, 0.3) is 0 Å². The molecule has 1 amide bonds. The van der Waals surface area contributed by atoms with E-state index in [0.29, 0.717) is 12.5 Å². The van der Waals surface area contributed by atoms with Crippen molar-refractivity contribution in [2.45, 2.75) is 45.8 Å². The highest BCUT2D eigenvalue weighted by Crippen LogP contribution is 2.19. The average molecular weight is 336 g/mol. The zero-order chi connectivity index (χ0) is 17.6. The molecular formula is C22H28N2O. The van der Waals surface area contributed by atoms with Crippen molar-refractivity contribution in [3.8, 4) is 0 Å². The van der Waals surface area contributed by atoms with Gasteiger partial charge in [-0.05, 0) is 37.0 Å². The Bertz CT molecular complexity index is 696. The molecule has 0 saturated carbocycles. The number of hydrogen-bond donors (Lipinski definition) is 0. The number of nitrogens with zero attached hydrogens (tertiary/aromatic N) is 2. The molecule has 0 spiro atoms. The van der Waals surface area contributed by atoms with Gasteiger partial charge >= 0.3 is 0 Å². The lowest BCUT2D eigenvalue weighted by Gasteiger charge is -2.31. The van der Waals surface area contributed by atoms with Crippen molar-refractivity contribution in [2.75, 3.05) is 13.1 Å². The fourth-order valence-electron chi connectivity index (χ4n) is 3.44. The second-order valence-electron chi connectivity index (χ2n) is 7.13. The van der Waals surface area contributed by atoms with Crippen molar-refractivity contribution in [2.24, 2.45) is 0 Å². The molecule has 1 aliphatic rings. The lowest BCUT2D eigenvalue weighted by atomic mass is 10.00. The summed E-state index contributed by atoms with van der Waals surface area (Å²) in [4.78, 5) is 17.1. The van der Waals surface area contributed by atoms with Crippen LogP contribution in [-0.2, 0) is 24.3 Å². The smallest absolute Gasteiger partial charge is 0.224 e. The first-order valence-corrected chi connectivity index (χ1v) is 9.26. The minimum absolute atomic E-state index is 0.271. The largest absolute Gasteiger partial charge is 0.338 e. The second-order valence-corrected chi connectivity index (χ2v) is 7.13. The Kier molecular flexibility index (Phi) is 5.87. The molecule has 0 aliphatic carbocycles. The van der Waals surface area contributed by atoms with Crippen LogP contribution in [0.3, 0.4) is 0 Å². The maximum absolute atomic E-state index is 12.7. The second kappa shape index (κ2) is 8.30. The summed E-state index contributed by atoms with van der Waals surface area (Å²) in [5.74, 6) is 0.271. The Balaban J connectivity index is 1.55. The minimum Gasteiger partial charge on any atom is -0.338 e. The van der Waals surface area contributed by atoms with E-state index < -0.39 is 0 Å². The summed E-state index contributed by atoms with van der Waals surface area (Å²) < 4.78 is 0. The van der Waals surface area contributed by atoms with Crippen LogP contribution < -0.4 is 0 Å². The van der Waals surface area contributed by atoms with E-state index in [9.17, 15) is 4.79 Å². The first-order chi connectivity index (χ1) is 12.1. The molecule has 2 aromatic carbocycles. The van der Waals surface area contributed by atoms with Crippen molar-refractivity contribution < 1.29 is 4.79 Å². The van der Waals surface area contributed by atoms with Crippen molar-refractivity contribution in [3.05, 3.63) is 71.3 Å². The lowest BCUT2D eigenvalue weighted by Crippen LogP contribution is -2.39. The van der Waals surface area contributed by atoms with Crippen LogP contribution in [0.25, 0.3) is 0 Å². The number of hydrogen-bond acceptors (Lipinski definition) is 2. The maximum atomic E-state index is 12.7. The summed E-state index contributed by atoms with van der Waals surface area (Å²) in [5, 5.41) is 0. The van der Waals surface area contributed by atoms with Gasteiger partial charge in [-0.25, -0.2) is 0 Å². The minimum atomic E-state index is 0.271. The topological polar surface area (TPSA) is 23.6 Å². The molecule has 0 atom stereocenters. The van der Waals surface area contributed by atoms with E-state index in [1.165, 1.54) is 16.7 Å². The fraction of sp³-hybridized carbons (Fsp3) is 0.409. The lowest BCUT2D eigenvalue weighted by molar-refractivity contribution is -0.132. The number of carbonyl (C=O) groups is 1. The van der Waals surface area contributed by atoms with Crippen molar-refractivity contribution >= 4 is 5.91 Å². The molecule has 3 heteroatoms. The summed E-state index contributed by atoms with van der Waals surface area (Å²) >= 11 is 0. The molecule has 0 unspecified atom stereocenters. The van der Waals surface area contributed by atoms with E-state index in [-0.39, 0.29) is 5.91 Å². The van der Waals surface area contributed by atoms with Gasteiger partial charge in [0.2, 0.25) is 5.91 Å². The monoisotopic (exact) mass is 336 g/mol. The van der Waals surface area contributed by atoms with Crippen molar-refractivity contribution in [1.82, 2.24) is 9.80 Å². The van der Waals surface area contributed by atoms with Crippen LogP contribution in [0.15, 0.2) is 54.6 Å². The fourth-order valence-corrected chi connectivity index (χ4v) is 3.44. The molecule has 25 heavy (non-hydrogen) atoms. The van der Waals surface area contributed by atoms with Gasteiger partial charge in [-0.3, -0.25) is 9.69 Å². The Morgan fingerprint density at radius 3 is 2.44 bits per heavy atom. The molecule has 1 aliphatic heterocycles. The van der Waals surface area contributed by atoms with Gasteiger partial charge in [0.15, 0.2) is 0 Å². The van der Waals surface area contributed by atoms with Crippen LogP contribution in [0.1, 0.15) is 37.0 Å². The normalized spacial score (nSPS) is 14.0. The molecule has 2 aromatic rings. The van der Waals surface area contributed by atoms with Crippen molar-refractivity contribution in [3.63, 3.8) is 0 Å². The Labute approximate surface area is 151 Å². The molecule has 3 nitrogen and oxygen atoms in total. The summed E-state index contributed by atoms with van der Waals surface area (Å²) in [5.41, 5.74) is 3.99. The Morgan fingerprint density at radius 1 is 1.04 bits per heavy atom. The van der Waals surface area contributed by atoms with Crippen LogP contribution >= 0.6 is 0 Å². The highest BCUT2D eigenvalue weighted by molar-refractivity contribution is 5.76. The predicted octanol–water partition coefficient (Wildman–Crippen LogP) is 3.87. The number of fused-ring (bicyclic) bond motifs is 1. The molecule has 0 radical (unpaired) electrons. The third-order valence-corrected chi connectivity index (χ3v) is 5.06. The zero-order valence-electron chi connectivity index (χ0n) is 15.3. The van der Waals surface area contributed by atoms with Gasteiger partial charge in [-0.2, -0.15) is 0 Å². The van der Waals surface area contributed by atoms with E-state index in [2.05, 4.69) is 67.3 Å². The van der Waals surface area contributed by atoms with Crippen molar-refractivity contribution in [1.29, 1.82) is 0 Å². The Morgan fingerprint density at radius 2 is 1.72 bits per heavy atom. The molecule has 0 bridgehead atoms. The van der Waals surface area contributed by atoms with Crippen LogP contribution in [0.4, 0.5) is 0 Å². The molecule has 0 aromatic heterocycles. The third kappa shape index (κ3) is 4.70. The number of rotatable bonds is 6. The van der Waals surface area contributed by atoms with Gasteiger partial charge in [-0.1, -0.05) is 54.6 Å². The predicted molar refractivity (Wildman–Crippen MR) is 102 cm³/mol. The van der Waals surface area contributed by atoms with Crippen LogP contribution in [0, 0.1) is 0 Å². The molecule has 0 fully saturated rings. The number of benzene rings is 2. The number of amides is 1. The first-order valence-electron chi connectivity index (χ1n) is 9.26. The van der Waals surface area contributed by atoms with E-state index >= 15 is 0 Å². The zero-order valence-corrected chi connectivity index (χ0v) is 15.3. The maximum Gasteiger partial charge on any atom is 0.224 e. The highest BCUT2D eigenvalue weighted by atomic mass is 16.2. The first kappa shape index (κ1) is 17.7. The molecule has 3 rings (SSSR count). The third-order valence-electron chi connectivity index (χ3n) is 5.06. The highest BCUT2D eigenvalue weighted by Gasteiger charge is 2.21. The van der Waals surface area contributed by atoms with Crippen LogP contribution in [-0.4, -0.2) is 34.8 Å². The van der Waals surface area contributed by atoms with E-state index in [0.717, 1.165) is 32.6 Å². The van der Waals surface area contributed by atoms with E-state index in [4.69, 9.17) is 0 Å². The van der Waals surface area contributed by atoms with Gasteiger partial charge < -0.3 is 4.90 Å². The summed E-state index contributed by atoms with van der Waals surface area (Å²) in [7, 11) is 0. The average Bonchev–Trinajstić information content (AvgIpc) is 2.65. The van der Waals surface area contributed by atoms with Gasteiger partial charge in [0.1, 0.15) is 0 Å². The van der Waals surface area contributed by atoms with Crippen LogP contribution in [0.5, 0.6) is 0 Å². The number of carbonyl (C=O) groups excluding carboxylic acids is 1. The summed E-state index contributed by atoms with van der Waals surface area (Å²) in [6.45, 7) is 7.71. The van der Waals surface area contributed by atoms with E-state index in [1.54, 1.807) is 0 Å². The summed E-state index contributed by atoms with van der Waals surface area (Å²) in [6, 6.07) is 19.4. The van der Waals surface area contributed by atoms with Crippen LogP contribution in [0.2, 0.25) is 0 Å². The van der Waals surface area contributed by atoms with Gasteiger partial charge in [0, 0.05) is 38.6 Å². The molecule has 132 valence electrons. The standard InChI is InChI=1S/C22H28N2O/c1-18(2)23(16-19-8-4-3-5-9-19)15-13-22(25)24-14-12-20-10-6-7-11-21(20)17-24/h3-11,18H,12-17H2,1-2H3. The SMILES string of the molecule is CC(C)N(CCC(=O)N1CCc2ccccc2C1)Cc1ccccc1. The summed E-state index contributed by atoms with van der Waals surface area (Å²) in [6.07, 6.45) is 1.56. The van der Waals surface area contributed by atoms with Gasteiger partial charge in [-0.15, -0.1) is 0 Å². The molecule has 1 heterocycles. The van der Waals surface area contributed by atoms with E-state index in [1.807, 2.05) is 11.0 Å². The quantitative estimate of drug-likeness (QED) is 0.799. The molecular weight excluding hydrogens is 308 g/mol. The Hall–Kier alpha value is -2.13. The molecule has 0 N–H and O–H groups in total. The van der Waals surface area contributed by atoms with Gasteiger partial charge in [0.05, 0.1) is 0 Å². The molecule has 0 saturated heterocycles.